The highest BCUT2D eigenvalue weighted by Crippen LogP contribution is 2.30. The van der Waals surface area contributed by atoms with E-state index in [9.17, 15) is 14.4 Å². The van der Waals surface area contributed by atoms with E-state index >= 15 is 0 Å². The number of rotatable bonds is 13. The van der Waals surface area contributed by atoms with E-state index in [0.717, 1.165) is 12.8 Å². The zero-order chi connectivity index (χ0) is 18.7. The van der Waals surface area contributed by atoms with Crippen LogP contribution in [0.4, 0.5) is 0 Å². The van der Waals surface area contributed by atoms with E-state index in [1.54, 1.807) is 0 Å². The lowest BCUT2D eigenvalue weighted by Crippen LogP contribution is -2.47. The van der Waals surface area contributed by atoms with Crippen LogP contribution in [0.1, 0.15) is 46.5 Å². The fourth-order valence-corrected chi connectivity index (χ4v) is 2.65. The van der Waals surface area contributed by atoms with Gasteiger partial charge in [0.15, 0.2) is 0 Å². The first-order valence-electron chi connectivity index (χ1n) is 9.10. The number of nitrogens with one attached hydrogen (secondary N) is 2. The Morgan fingerprint density at radius 2 is 1.68 bits per heavy atom. The third kappa shape index (κ3) is 10.2. The molecule has 0 atom stereocenters. The minimum Gasteiger partial charge on any atom is -0.379 e. The highest BCUT2D eigenvalue weighted by atomic mass is 16.5. The first kappa shape index (κ1) is 21.6. The van der Waals surface area contributed by atoms with Crippen LogP contribution in [0.25, 0.3) is 0 Å². The monoisotopic (exact) mass is 356 g/mol. The Balaban J connectivity index is 1.92. The van der Waals surface area contributed by atoms with E-state index in [-0.39, 0.29) is 23.8 Å². The van der Waals surface area contributed by atoms with Crippen molar-refractivity contribution in [1.29, 1.82) is 0 Å². The van der Waals surface area contributed by atoms with Crippen LogP contribution in [-0.4, -0.2) is 56.6 Å². The molecule has 0 aliphatic heterocycles. The number of Topliss-reactive ketones (excluding diaryl/α,β-unsaturated/α-hetero) is 1. The van der Waals surface area contributed by atoms with E-state index in [2.05, 4.69) is 10.6 Å². The summed E-state index contributed by atoms with van der Waals surface area (Å²) in [7, 11) is 0. The number of ketones is 1. The number of hydrogen-bond donors (Lipinski definition) is 2. The molecule has 1 aliphatic rings. The number of hydrogen-bond acceptors (Lipinski definition) is 5. The number of amides is 2. The van der Waals surface area contributed by atoms with Gasteiger partial charge in [-0.05, 0) is 18.8 Å². The minimum atomic E-state index is -0.0760. The maximum absolute atomic E-state index is 11.9. The topological polar surface area (TPSA) is 93.7 Å². The summed E-state index contributed by atoms with van der Waals surface area (Å²) in [5, 5.41) is 5.57. The summed E-state index contributed by atoms with van der Waals surface area (Å²) in [6.07, 6.45) is 2.47. The van der Waals surface area contributed by atoms with E-state index in [1.807, 2.05) is 13.8 Å². The molecular formula is C18H32N2O5. The van der Waals surface area contributed by atoms with E-state index in [4.69, 9.17) is 9.47 Å². The van der Waals surface area contributed by atoms with Gasteiger partial charge in [-0.2, -0.15) is 0 Å². The van der Waals surface area contributed by atoms with Crippen molar-refractivity contribution >= 4 is 17.6 Å². The van der Waals surface area contributed by atoms with Gasteiger partial charge in [0.05, 0.1) is 26.4 Å². The lowest BCUT2D eigenvalue weighted by atomic mass is 9.75. The Morgan fingerprint density at radius 3 is 2.28 bits per heavy atom. The average molecular weight is 356 g/mol. The molecule has 0 unspecified atom stereocenters. The van der Waals surface area contributed by atoms with Gasteiger partial charge in [-0.3, -0.25) is 14.4 Å². The summed E-state index contributed by atoms with van der Waals surface area (Å²) >= 11 is 0. The van der Waals surface area contributed by atoms with Crippen molar-refractivity contribution in [3.8, 4) is 0 Å². The van der Waals surface area contributed by atoms with Gasteiger partial charge in [0.1, 0.15) is 5.78 Å². The predicted octanol–water partition coefficient (Wildman–Crippen LogP) is 1.06. The highest BCUT2D eigenvalue weighted by molar-refractivity contribution is 5.83. The minimum absolute atomic E-state index is 0.0358. The second-order valence-electron chi connectivity index (χ2n) is 6.95. The fraction of sp³-hybridized carbons (Fsp3) is 0.833. The van der Waals surface area contributed by atoms with Crippen molar-refractivity contribution in [3.05, 3.63) is 0 Å². The van der Waals surface area contributed by atoms with Crippen LogP contribution in [0.2, 0.25) is 0 Å². The van der Waals surface area contributed by atoms with Crippen molar-refractivity contribution in [2.24, 2.45) is 11.8 Å². The molecule has 1 fully saturated rings. The molecule has 0 saturated heterocycles. The zero-order valence-electron chi connectivity index (χ0n) is 15.6. The molecule has 7 heteroatoms. The van der Waals surface area contributed by atoms with Gasteiger partial charge in [-0.25, -0.2) is 0 Å². The maximum atomic E-state index is 11.9. The lowest BCUT2D eigenvalue weighted by Gasteiger charge is -2.35. The Labute approximate surface area is 150 Å². The summed E-state index contributed by atoms with van der Waals surface area (Å²) in [4.78, 5) is 34.3. The van der Waals surface area contributed by atoms with Crippen LogP contribution in [-0.2, 0) is 23.9 Å². The largest absolute Gasteiger partial charge is 0.379 e. The van der Waals surface area contributed by atoms with E-state index < -0.39 is 0 Å². The van der Waals surface area contributed by atoms with Gasteiger partial charge >= 0.3 is 0 Å². The van der Waals surface area contributed by atoms with Crippen LogP contribution in [0.15, 0.2) is 0 Å². The molecule has 1 aliphatic carbocycles. The number of ether oxygens (including phenoxy) is 2. The van der Waals surface area contributed by atoms with Crippen molar-refractivity contribution < 1.29 is 23.9 Å². The predicted molar refractivity (Wildman–Crippen MR) is 94.1 cm³/mol. The second-order valence-corrected chi connectivity index (χ2v) is 6.95. The normalized spacial score (nSPS) is 19.4. The third-order valence-electron chi connectivity index (χ3n) is 4.03. The molecule has 1 saturated carbocycles. The molecule has 0 aromatic carbocycles. The molecule has 0 spiro atoms. The maximum Gasteiger partial charge on any atom is 0.222 e. The molecule has 0 aromatic rings. The molecule has 0 radical (unpaired) electrons. The molecule has 2 N–H and O–H groups in total. The standard InChI is InChI=1S/C18H32N2O5/c1-13(2)10-17(22)15-11-16(12-15)20-18(23)4-6-24-8-9-25-7-5-19-14(3)21/h13,15-16H,4-12H2,1-3H3,(H,19,21)(H,20,23). The van der Waals surface area contributed by atoms with Crippen molar-refractivity contribution in [1.82, 2.24) is 10.6 Å². The second kappa shape index (κ2) is 12.0. The Kier molecular flexibility index (Phi) is 10.3. The van der Waals surface area contributed by atoms with Crippen LogP contribution in [0.3, 0.4) is 0 Å². The van der Waals surface area contributed by atoms with Gasteiger partial charge in [-0.15, -0.1) is 0 Å². The molecule has 25 heavy (non-hydrogen) atoms. The van der Waals surface area contributed by atoms with Crippen LogP contribution in [0, 0.1) is 11.8 Å². The van der Waals surface area contributed by atoms with E-state index in [1.165, 1.54) is 6.92 Å². The molecule has 0 aromatic heterocycles. The van der Waals surface area contributed by atoms with Crippen molar-refractivity contribution in [2.75, 3.05) is 33.0 Å². The first-order valence-corrected chi connectivity index (χ1v) is 9.10. The fourth-order valence-electron chi connectivity index (χ4n) is 2.65. The quantitative estimate of drug-likeness (QED) is 0.481. The summed E-state index contributed by atoms with van der Waals surface area (Å²) < 4.78 is 10.6. The molecule has 2 amide bonds. The Bertz CT molecular complexity index is 433. The van der Waals surface area contributed by atoms with Gasteiger partial charge in [0.2, 0.25) is 11.8 Å². The van der Waals surface area contributed by atoms with Crippen molar-refractivity contribution in [2.45, 2.75) is 52.5 Å². The summed E-state index contributed by atoms with van der Waals surface area (Å²) in [5.74, 6) is 0.730. The first-order chi connectivity index (χ1) is 11.9. The number of carbonyl (C=O) groups is 3. The summed E-state index contributed by atoms with van der Waals surface area (Å²) in [5.41, 5.74) is 0. The molecule has 144 valence electrons. The van der Waals surface area contributed by atoms with Gasteiger partial charge < -0.3 is 20.1 Å². The number of carbonyl (C=O) groups excluding carboxylic acids is 3. The van der Waals surface area contributed by atoms with Crippen LogP contribution >= 0.6 is 0 Å². The summed E-state index contributed by atoms with van der Waals surface area (Å²) in [6.45, 7) is 7.69. The Morgan fingerprint density at radius 1 is 1.04 bits per heavy atom. The third-order valence-corrected chi connectivity index (χ3v) is 4.03. The molecule has 0 bridgehead atoms. The molecule has 1 rings (SSSR count). The van der Waals surface area contributed by atoms with Gasteiger partial charge in [0.25, 0.3) is 0 Å². The SMILES string of the molecule is CC(=O)NCCOCCOCCC(=O)NC1CC(C(=O)CC(C)C)C1. The van der Waals surface area contributed by atoms with E-state index in [0.29, 0.717) is 57.5 Å². The molecular weight excluding hydrogens is 324 g/mol. The van der Waals surface area contributed by atoms with Gasteiger partial charge in [-0.1, -0.05) is 13.8 Å². The molecule has 0 heterocycles. The lowest BCUT2D eigenvalue weighted by molar-refractivity contribution is -0.130. The Hall–Kier alpha value is -1.47. The summed E-state index contributed by atoms with van der Waals surface area (Å²) in [6, 6.07) is 0.130. The van der Waals surface area contributed by atoms with Crippen LogP contribution < -0.4 is 10.6 Å². The zero-order valence-corrected chi connectivity index (χ0v) is 15.6. The average Bonchev–Trinajstić information content (AvgIpc) is 2.47. The van der Waals surface area contributed by atoms with Gasteiger partial charge in [0, 0.05) is 38.3 Å². The highest BCUT2D eigenvalue weighted by Gasteiger charge is 2.34. The van der Waals surface area contributed by atoms with Crippen LogP contribution in [0.5, 0.6) is 0 Å². The van der Waals surface area contributed by atoms with Crippen molar-refractivity contribution in [3.63, 3.8) is 0 Å². The molecule has 7 nitrogen and oxygen atoms in total. The smallest absolute Gasteiger partial charge is 0.222 e.